The Labute approximate surface area is 50.0 Å². The molecule has 7 heavy (non-hydrogen) atoms. The minimum Gasteiger partial charge on any atom is -0.502 e. The highest BCUT2D eigenvalue weighted by Gasteiger charge is 1.58. The van der Waals surface area contributed by atoms with Crippen molar-refractivity contribution in [3.8, 4) is 0 Å². The zero-order valence-electron chi connectivity index (χ0n) is 3.67. The van der Waals surface area contributed by atoms with Gasteiger partial charge in [0.1, 0.15) is 11.6 Å². The summed E-state index contributed by atoms with van der Waals surface area (Å²) < 4.78 is 16.8. The molecule has 0 unspecified atom stereocenters. The van der Waals surface area contributed by atoms with Gasteiger partial charge in [0.25, 0.3) is 0 Å². The normalized spacial score (nSPS) is 5.86. The second kappa shape index (κ2) is 9.28. The van der Waals surface area contributed by atoms with Crippen molar-refractivity contribution in [1.82, 2.24) is 0 Å². The fourth-order valence-electron chi connectivity index (χ4n) is 0. The van der Waals surface area contributed by atoms with E-state index in [0.717, 1.165) is 0 Å². The van der Waals surface area contributed by atoms with Crippen LogP contribution in [-0.2, 0) is 11.6 Å². The zero-order chi connectivity index (χ0) is 6.28. The van der Waals surface area contributed by atoms with Crippen molar-refractivity contribution >= 4 is 28.8 Å². The minimum absolute atomic E-state index is 0.000000000000000222. The number of rotatable bonds is 0. The number of aliphatic hydroxyl groups excluding tert-OH is 1. The molecule has 0 bridgehead atoms. The van der Waals surface area contributed by atoms with Crippen LogP contribution in [0.3, 0.4) is 0 Å². The first-order chi connectivity index (χ1) is 3.15. The fourth-order valence-corrected chi connectivity index (χ4v) is 0. The Morgan fingerprint density at radius 3 is 1.71 bits per heavy atom. The molecule has 0 saturated heterocycles. The van der Waals surface area contributed by atoms with Crippen LogP contribution >= 0.6 is 12.2 Å². The highest BCUT2D eigenvalue weighted by atomic mass is 32.1. The van der Waals surface area contributed by atoms with E-state index < -0.39 is 11.6 Å². The van der Waals surface area contributed by atoms with Crippen LogP contribution in [0.2, 0.25) is 0 Å². The SMILES string of the molecule is CC(O)=S.O=[SH2]=O. The molecule has 44 valence electrons. The van der Waals surface area contributed by atoms with E-state index in [2.05, 4.69) is 12.2 Å². The number of hydrogen-bond donors (Lipinski definition) is 1. The van der Waals surface area contributed by atoms with Crippen molar-refractivity contribution in [3.05, 3.63) is 0 Å². The van der Waals surface area contributed by atoms with Crippen molar-refractivity contribution < 1.29 is 13.5 Å². The molecular weight excluding hydrogens is 136 g/mol. The predicted molar refractivity (Wildman–Crippen MR) is 32.6 cm³/mol. The quantitative estimate of drug-likeness (QED) is 0.471. The Hall–Kier alpha value is -0.160. The summed E-state index contributed by atoms with van der Waals surface area (Å²) in [5.41, 5.74) is 0. The minimum atomic E-state index is -1.42. The monoisotopic (exact) mass is 142 g/mol. The van der Waals surface area contributed by atoms with Gasteiger partial charge in [-0.3, -0.25) is 0 Å². The van der Waals surface area contributed by atoms with Crippen molar-refractivity contribution in [1.29, 1.82) is 0 Å². The maximum Gasteiger partial charge on any atom is 0.153 e. The second-order valence-corrected chi connectivity index (χ2v) is 1.36. The van der Waals surface area contributed by atoms with E-state index in [1.807, 2.05) is 0 Å². The molecule has 0 rings (SSSR count). The second-order valence-electron chi connectivity index (χ2n) is 0.602. The number of thiocarbonyl (C=S) groups is 1. The Kier molecular flexibility index (Phi) is 13.2. The van der Waals surface area contributed by atoms with Crippen LogP contribution in [0.25, 0.3) is 0 Å². The van der Waals surface area contributed by atoms with E-state index in [9.17, 15) is 0 Å². The molecule has 0 heterocycles. The van der Waals surface area contributed by atoms with Crippen LogP contribution in [0.15, 0.2) is 0 Å². The maximum atomic E-state index is 8.40. The molecule has 0 saturated carbocycles. The van der Waals surface area contributed by atoms with E-state index in [4.69, 9.17) is 13.5 Å². The molecule has 0 aliphatic carbocycles. The van der Waals surface area contributed by atoms with Gasteiger partial charge in [0.05, 0.1) is 0 Å². The molecule has 5 heteroatoms. The van der Waals surface area contributed by atoms with Crippen LogP contribution < -0.4 is 0 Å². The summed E-state index contributed by atoms with van der Waals surface area (Å²) in [6, 6.07) is 0. The van der Waals surface area contributed by atoms with E-state index in [-0.39, 0.29) is 5.05 Å². The van der Waals surface area contributed by atoms with Crippen molar-refractivity contribution in [2.75, 3.05) is 0 Å². The fraction of sp³-hybridized carbons (Fsp3) is 0.500. The average molecular weight is 142 g/mol. The van der Waals surface area contributed by atoms with Crippen molar-refractivity contribution in [3.63, 3.8) is 0 Å². The molecular formula is C2H6O3S2. The summed E-state index contributed by atoms with van der Waals surface area (Å²) in [5, 5.41) is 7.79. The van der Waals surface area contributed by atoms with Crippen LogP contribution in [0.5, 0.6) is 0 Å². The van der Waals surface area contributed by atoms with Gasteiger partial charge in [-0.15, -0.1) is 0 Å². The summed E-state index contributed by atoms with van der Waals surface area (Å²) in [4.78, 5) is 0. The van der Waals surface area contributed by atoms with Gasteiger partial charge < -0.3 is 5.11 Å². The predicted octanol–water partition coefficient (Wildman–Crippen LogP) is -0.314. The van der Waals surface area contributed by atoms with Gasteiger partial charge in [-0.25, -0.2) is 8.42 Å². The highest BCUT2D eigenvalue weighted by Crippen LogP contribution is 1.54. The molecule has 0 radical (unpaired) electrons. The molecule has 0 spiro atoms. The molecule has 0 aromatic rings. The largest absolute Gasteiger partial charge is 0.502 e. The van der Waals surface area contributed by atoms with Gasteiger partial charge in [0, 0.05) is 6.92 Å². The third-order valence-corrected chi connectivity index (χ3v) is 0. The maximum absolute atomic E-state index is 8.40. The summed E-state index contributed by atoms with van der Waals surface area (Å²) in [6.07, 6.45) is 0. The first kappa shape index (κ1) is 9.96. The topological polar surface area (TPSA) is 54.4 Å². The molecule has 0 aliphatic heterocycles. The third kappa shape index (κ3) is 3360. The molecule has 0 amide bonds. The number of aliphatic hydroxyl groups is 1. The molecule has 0 fully saturated rings. The van der Waals surface area contributed by atoms with Crippen LogP contribution in [-0.4, -0.2) is 18.6 Å². The lowest BCUT2D eigenvalue weighted by Gasteiger charge is -1.64. The lowest BCUT2D eigenvalue weighted by molar-refractivity contribution is 0.565. The summed E-state index contributed by atoms with van der Waals surface area (Å²) in [7, 11) is 0. The van der Waals surface area contributed by atoms with Crippen LogP contribution in [0.4, 0.5) is 0 Å². The lowest BCUT2D eigenvalue weighted by Crippen LogP contribution is -1.72. The first-order valence-corrected chi connectivity index (χ1v) is 2.56. The Morgan fingerprint density at radius 1 is 1.71 bits per heavy atom. The third-order valence-electron chi connectivity index (χ3n) is 0. The Bertz CT molecular complexity index is 78.9. The van der Waals surface area contributed by atoms with Gasteiger partial charge in [-0.1, -0.05) is 0 Å². The smallest absolute Gasteiger partial charge is 0.153 e. The molecule has 0 aliphatic rings. The Balaban J connectivity index is 0. The van der Waals surface area contributed by atoms with Crippen molar-refractivity contribution in [2.45, 2.75) is 6.92 Å². The van der Waals surface area contributed by atoms with Gasteiger partial charge >= 0.3 is 0 Å². The first-order valence-electron chi connectivity index (χ1n) is 1.34. The van der Waals surface area contributed by atoms with Gasteiger partial charge in [0.2, 0.25) is 0 Å². The highest BCUT2D eigenvalue weighted by molar-refractivity contribution is 7.79. The summed E-state index contributed by atoms with van der Waals surface area (Å²) >= 11 is 2.68. The van der Waals surface area contributed by atoms with E-state index in [1.54, 1.807) is 0 Å². The zero-order valence-corrected chi connectivity index (χ0v) is 5.49. The number of hydrogen-bond acceptors (Lipinski definition) is 3. The molecule has 0 aromatic carbocycles. The molecule has 1 N–H and O–H groups in total. The molecule has 0 atom stereocenters. The molecule has 3 nitrogen and oxygen atoms in total. The van der Waals surface area contributed by atoms with Crippen LogP contribution in [0.1, 0.15) is 6.92 Å². The van der Waals surface area contributed by atoms with E-state index in [0.29, 0.717) is 0 Å². The van der Waals surface area contributed by atoms with Gasteiger partial charge in [-0.2, -0.15) is 0 Å². The molecule has 0 aromatic heterocycles. The van der Waals surface area contributed by atoms with Gasteiger partial charge in [0.15, 0.2) is 5.05 Å². The summed E-state index contributed by atoms with van der Waals surface area (Å²) in [5.74, 6) is 0. The van der Waals surface area contributed by atoms with Crippen LogP contribution in [0, 0.1) is 0 Å². The average Bonchev–Trinajstić information content (AvgIpc) is 1.33. The lowest BCUT2D eigenvalue weighted by atomic mass is 10.9. The summed E-state index contributed by atoms with van der Waals surface area (Å²) in [6.45, 7) is 1.45. The standard InChI is InChI=1S/C2H4OS.H2O2S/c1-2(3)4;1-3-2/h1H3,(H,3,4);3H2. The van der Waals surface area contributed by atoms with Gasteiger partial charge in [-0.05, 0) is 12.2 Å². The van der Waals surface area contributed by atoms with E-state index >= 15 is 0 Å². The van der Waals surface area contributed by atoms with E-state index in [1.165, 1.54) is 6.92 Å². The van der Waals surface area contributed by atoms with Crippen molar-refractivity contribution in [2.24, 2.45) is 0 Å². The Morgan fingerprint density at radius 2 is 1.71 bits per heavy atom.